The van der Waals surface area contributed by atoms with E-state index in [1.54, 1.807) is 0 Å². The average Bonchev–Trinajstić information content (AvgIpc) is 2.50. The fourth-order valence-corrected chi connectivity index (χ4v) is 4.23. The van der Waals surface area contributed by atoms with Crippen LogP contribution in [0.25, 0.3) is 0 Å². The first-order valence-corrected chi connectivity index (χ1v) is 10.8. The molecule has 0 aromatic heterocycles. The molecule has 0 heterocycles. The lowest BCUT2D eigenvalue weighted by molar-refractivity contribution is -0.140. The van der Waals surface area contributed by atoms with Crippen molar-refractivity contribution in [2.24, 2.45) is 0 Å². The van der Waals surface area contributed by atoms with E-state index in [-0.39, 0.29) is 5.97 Å². The lowest BCUT2D eigenvalue weighted by Crippen LogP contribution is -1.99. The highest BCUT2D eigenvalue weighted by molar-refractivity contribution is 8.02. The van der Waals surface area contributed by atoms with Crippen molar-refractivity contribution in [1.82, 2.24) is 0 Å². The summed E-state index contributed by atoms with van der Waals surface area (Å²) in [4.78, 5) is 10.9. The van der Waals surface area contributed by atoms with E-state index < -0.39 is 0 Å². The van der Waals surface area contributed by atoms with Gasteiger partial charge >= 0.3 is 5.97 Å². The third kappa shape index (κ3) is 18.1. The van der Waals surface area contributed by atoms with Crippen LogP contribution in [0.3, 0.4) is 0 Å². The maximum absolute atomic E-state index is 10.9. The van der Waals surface area contributed by atoms with Crippen molar-refractivity contribution in [2.75, 3.05) is 30.1 Å². The molecule has 0 rings (SSSR count). The minimum absolute atomic E-state index is 0.0785. The monoisotopic (exact) mass is 334 g/mol. The quantitative estimate of drug-likeness (QED) is 0.273. The number of carbonyl (C=O) groups is 1. The van der Waals surface area contributed by atoms with Gasteiger partial charge in [-0.05, 0) is 30.8 Å². The van der Waals surface area contributed by atoms with Gasteiger partial charge in [0, 0.05) is 17.9 Å². The molecule has 21 heavy (non-hydrogen) atoms. The lowest BCUT2D eigenvalue weighted by atomic mass is 10.1. The van der Waals surface area contributed by atoms with Crippen molar-refractivity contribution in [2.45, 2.75) is 71.1 Å². The molecule has 126 valence electrons. The van der Waals surface area contributed by atoms with Crippen LogP contribution in [0.5, 0.6) is 0 Å². The molecule has 0 bridgehead atoms. The van der Waals surface area contributed by atoms with E-state index >= 15 is 0 Å². The SMILES string of the molecule is CCCCCCCCCSCCSCCCCC(=O)OC. The van der Waals surface area contributed by atoms with Crippen LogP contribution in [0.15, 0.2) is 0 Å². The van der Waals surface area contributed by atoms with E-state index in [2.05, 4.69) is 23.4 Å². The second kappa shape index (κ2) is 18.2. The van der Waals surface area contributed by atoms with Crippen molar-refractivity contribution in [3.8, 4) is 0 Å². The third-order valence-electron chi connectivity index (χ3n) is 3.41. The van der Waals surface area contributed by atoms with Gasteiger partial charge in [0.05, 0.1) is 7.11 Å². The van der Waals surface area contributed by atoms with E-state index in [0.29, 0.717) is 6.42 Å². The van der Waals surface area contributed by atoms with Crippen molar-refractivity contribution in [3.63, 3.8) is 0 Å². The molecule has 0 atom stereocenters. The highest BCUT2D eigenvalue weighted by Gasteiger charge is 1.99. The predicted octanol–water partition coefficient (Wildman–Crippen LogP) is 5.55. The number of unbranched alkanes of at least 4 members (excludes halogenated alkanes) is 7. The largest absolute Gasteiger partial charge is 0.469 e. The minimum atomic E-state index is -0.0785. The summed E-state index contributed by atoms with van der Waals surface area (Å²) in [6.07, 6.45) is 12.5. The molecule has 0 saturated heterocycles. The molecule has 0 saturated carbocycles. The summed E-state index contributed by atoms with van der Waals surface area (Å²) in [6, 6.07) is 0. The van der Waals surface area contributed by atoms with Crippen LogP contribution >= 0.6 is 23.5 Å². The first-order chi connectivity index (χ1) is 10.3. The number of carbonyl (C=O) groups excluding carboxylic acids is 1. The number of thioether (sulfide) groups is 2. The Balaban J connectivity index is 2.98. The van der Waals surface area contributed by atoms with Crippen LogP contribution in [0, 0.1) is 0 Å². The van der Waals surface area contributed by atoms with Gasteiger partial charge < -0.3 is 4.74 Å². The molecule has 0 spiro atoms. The molecular weight excluding hydrogens is 300 g/mol. The Hall–Kier alpha value is 0.170. The smallest absolute Gasteiger partial charge is 0.305 e. The molecule has 0 aromatic rings. The molecule has 2 nitrogen and oxygen atoms in total. The van der Waals surface area contributed by atoms with Crippen molar-refractivity contribution in [3.05, 3.63) is 0 Å². The number of hydrogen-bond acceptors (Lipinski definition) is 4. The van der Waals surface area contributed by atoms with Gasteiger partial charge in [0.25, 0.3) is 0 Å². The minimum Gasteiger partial charge on any atom is -0.469 e. The number of rotatable bonds is 16. The summed E-state index contributed by atoms with van der Waals surface area (Å²) in [7, 11) is 1.46. The topological polar surface area (TPSA) is 26.3 Å². The Bertz CT molecular complexity index is 223. The maximum Gasteiger partial charge on any atom is 0.305 e. The van der Waals surface area contributed by atoms with Gasteiger partial charge in [-0.25, -0.2) is 0 Å². The van der Waals surface area contributed by atoms with E-state index in [4.69, 9.17) is 0 Å². The maximum atomic E-state index is 10.9. The fraction of sp³-hybridized carbons (Fsp3) is 0.941. The normalized spacial score (nSPS) is 10.8. The van der Waals surface area contributed by atoms with Crippen LogP contribution < -0.4 is 0 Å². The summed E-state index contributed by atoms with van der Waals surface area (Å²) in [5, 5.41) is 0. The van der Waals surface area contributed by atoms with Crippen LogP contribution in [-0.2, 0) is 9.53 Å². The van der Waals surface area contributed by atoms with Crippen molar-refractivity contribution >= 4 is 29.5 Å². The van der Waals surface area contributed by atoms with Gasteiger partial charge in [-0.3, -0.25) is 4.79 Å². The molecule has 0 N–H and O–H groups in total. The Morgan fingerprint density at radius 2 is 1.29 bits per heavy atom. The first kappa shape index (κ1) is 21.2. The van der Waals surface area contributed by atoms with Crippen LogP contribution in [0.1, 0.15) is 71.1 Å². The summed E-state index contributed by atoms with van der Waals surface area (Å²) >= 11 is 4.12. The molecule has 0 aliphatic rings. The zero-order chi connectivity index (χ0) is 15.6. The number of ether oxygens (including phenoxy) is 1. The second-order valence-electron chi connectivity index (χ2n) is 5.38. The summed E-state index contributed by atoms with van der Waals surface area (Å²) in [6.45, 7) is 2.27. The zero-order valence-electron chi connectivity index (χ0n) is 14.0. The Morgan fingerprint density at radius 3 is 1.86 bits per heavy atom. The Labute approximate surface area is 140 Å². The van der Waals surface area contributed by atoms with Gasteiger partial charge in [0.15, 0.2) is 0 Å². The number of methoxy groups -OCH3 is 1. The van der Waals surface area contributed by atoms with E-state index in [1.165, 1.54) is 75.1 Å². The number of hydrogen-bond donors (Lipinski definition) is 0. The van der Waals surface area contributed by atoms with E-state index in [0.717, 1.165) is 12.8 Å². The molecule has 4 heteroatoms. The van der Waals surface area contributed by atoms with Gasteiger partial charge in [0.1, 0.15) is 0 Å². The first-order valence-electron chi connectivity index (χ1n) is 8.53. The van der Waals surface area contributed by atoms with E-state index in [1.807, 2.05) is 11.8 Å². The average molecular weight is 335 g/mol. The van der Waals surface area contributed by atoms with Gasteiger partial charge in [0.2, 0.25) is 0 Å². The highest BCUT2D eigenvalue weighted by Crippen LogP contribution is 2.13. The molecule has 0 radical (unpaired) electrons. The summed E-state index contributed by atoms with van der Waals surface area (Å²) in [5.41, 5.74) is 0. The van der Waals surface area contributed by atoms with Crippen molar-refractivity contribution < 1.29 is 9.53 Å². The third-order valence-corrected chi connectivity index (χ3v) is 5.81. The molecule has 0 aliphatic heterocycles. The standard InChI is InChI=1S/C17H34O2S2/c1-3-4-5-6-7-8-10-13-20-15-16-21-14-11-9-12-17(18)19-2/h3-16H2,1-2H3. The summed E-state index contributed by atoms with van der Waals surface area (Å²) < 4.78 is 4.62. The van der Waals surface area contributed by atoms with Gasteiger partial charge in [-0.15, -0.1) is 0 Å². The molecule has 0 aliphatic carbocycles. The molecule has 0 amide bonds. The van der Waals surface area contributed by atoms with Crippen LogP contribution in [-0.4, -0.2) is 36.1 Å². The fourth-order valence-electron chi connectivity index (χ4n) is 2.06. The molecular formula is C17H34O2S2. The lowest BCUT2D eigenvalue weighted by Gasteiger charge is -2.03. The summed E-state index contributed by atoms with van der Waals surface area (Å²) in [5.74, 6) is 4.95. The highest BCUT2D eigenvalue weighted by atomic mass is 32.2. The predicted molar refractivity (Wildman–Crippen MR) is 98.5 cm³/mol. The van der Waals surface area contributed by atoms with Gasteiger partial charge in [-0.2, -0.15) is 23.5 Å². The molecule has 0 fully saturated rings. The molecule has 0 unspecified atom stereocenters. The van der Waals surface area contributed by atoms with E-state index in [9.17, 15) is 4.79 Å². The zero-order valence-corrected chi connectivity index (χ0v) is 15.7. The number of esters is 1. The molecule has 0 aromatic carbocycles. The second-order valence-corrected chi connectivity index (χ2v) is 7.83. The van der Waals surface area contributed by atoms with Crippen molar-refractivity contribution in [1.29, 1.82) is 0 Å². The Kier molecular flexibility index (Phi) is 18.4. The van der Waals surface area contributed by atoms with Crippen LogP contribution in [0.4, 0.5) is 0 Å². The van der Waals surface area contributed by atoms with Gasteiger partial charge in [-0.1, -0.05) is 45.4 Å². The van der Waals surface area contributed by atoms with Crippen LogP contribution in [0.2, 0.25) is 0 Å². The Morgan fingerprint density at radius 1 is 0.762 bits per heavy atom.